The lowest BCUT2D eigenvalue weighted by Crippen LogP contribution is -2.39. The number of rotatable bonds is 6. The third-order valence-electron chi connectivity index (χ3n) is 7.28. The van der Waals surface area contributed by atoms with Gasteiger partial charge in [-0.3, -0.25) is 9.36 Å². The fourth-order valence-corrected chi connectivity index (χ4v) is 6.53. The molecule has 0 amide bonds. The lowest BCUT2D eigenvalue weighted by atomic mass is 9.93. The van der Waals surface area contributed by atoms with Crippen molar-refractivity contribution >= 4 is 39.3 Å². The highest BCUT2D eigenvalue weighted by Crippen LogP contribution is 2.31. The molecule has 2 aromatic carbocycles. The van der Waals surface area contributed by atoms with Crippen molar-refractivity contribution in [3.05, 3.63) is 118 Å². The van der Waals surface area contributed by atoms with E-state index in [9.17, 15) is 9.59 Å². The van der Waals surface area contributed by atoms with E-state index in [0.717, 1.165) is 32.7 Å². The number of hydrogen-bond donors (Lipinski definition) is 0. The van der Waals surface area contributed by atoms with E-state index in [1.807, 2.05) is 37.3 Å². The van der Waals surface area contributed by atoms with Crippen LogP contribution in [0.1, 0.15) is 67.7 Å². The molecule has 4 aromatic rings. The standard InChI is InChI=1S/C32H32BrN3O3S/c1-7-39-31(38)28-20(5)34-32-36(29(28)23-10-8-22(9-11-23)18(2)3)30(37)27(40-32)17-24-16-19(4)35(21(24)6)26-14-12-25(33)13-15-26/h8-18,29H,7H2,1-6H3/b27-17-/t29-/m0/s1. The summed E-state index contributed by atoms with van der Waals surface area (Å²) in [6.45, 7) is 12.2. The van der Waals surface area contributed by atoms with Crippen LogP contribution in [-0.2, 0) is 9.53 Å². The Labute approximate surface area is 246 Å². The highest BCUT2D eigenvalue weighted by Gasteiger charge is 2.33. The number of ether oxygens (including phenoxy) is 1. The highest BCUT2D eigenvalue weighted by atomic mass is 79.9. The van der Waals surface area contributed by atoms with E-state index in [-0.39, 0.29) is 12.2 Å². The van der Waals surface area contributed by atoms with E-state index in [0.29, 0.717) is 26.5 Å². The van der Waals surface area contributed by atoms with Crippen LogP contribution >= 0.6 is 27.3 Å². The van der Waals surface area contributed by atoms with Gasteiger partial charge in [-0.2, -0.15) is 0 Å². The molecule has 0 saturated carbocycles. The summed E-state index contributed by atoms with van der Waals surface area (Å²) in [5, 5.41) is 0. The summed E-state index contributed by atoms with van der Waals surface area (Å²) >= 11 is 4.85. The normalized spacial score (nSPS) is 15.4. The van der Waals surface area contributed by atoms with Crippen LogP contribution in [0, 0.1) is 13.8 Å². The minimum atomic E-state index is -0.617. The van der Waals surface area contributed by atoms with Gasteiger partial charge in [0.25, 0.3) is 5.56 Å². The average Bonchev–Trinajstić information content (AvgIpc) is 3.38. The van der Waals surface area contributed by atoms with Crippen molar-refractivity contribution < 1.29 is 9.53 Å². The molecule has 5 rings (SSSR count). The summed E-state index contributed by atoms with van der Waals surface area (Å²) in [6.07, 6.45) is 1.93. The number of carbonyl (C=O) groups excluding carboxylic acids is 1. The first kappa shape index (κ1) is 28.1. The first-order valence-electron chi connectivity index (χ1n) is 13.3. The second kappa shape index (κ2) is 11.2. The van der Waals surface area contributed by atoms with Crippen molar-refractivity contribution in [2.24, 2.45) is 4.99 Å². The van der Waals surface area contributed by atoms with Gasteiger partial charge in [-0.05, 0) is 86.7 Å². The molecule has 0 unspecified atom stereocenters. The zero-order valence-corrected chi connectivity index (χ0v) is 25.9. The molecular formula is C32H32BrN3O3S. The van der Waals surface area contributed by atoms with Crippen molar-refractivity contribution in [3.63, 3.8) is 0 Å². The summed E-state index contributed by atoms with van der Waals surface area (Å²) < 4.78 is 10.8. The molecule has 0 aliphatic carbocycles. The number of benzene rings is 2. The maximum Gasteiger partial charge on any atom is 0.338 e. The van der Waals surface area contributed by atoms with Crippen molar-refractivity contribution in [1.82, 2.24) is 9.13 Å². The van der Waals surface area contributed by atoms with Crippen molar-refractivity contribution in [2.75, 3.05) is 6.61 Å². The Morgan fingerprint density at radius 1 is 1.10 bits per heavy atom. The number of aromatic nitrogens is 2. The second-order valence-electron chi connectivity index (χ2n) is 10.3. The molecule has 1 aliphatic heterocycles. The van der Waals surface area contributed by atoms with Gasteiger partial charge in [0, 0.05) is 21.5 Å². The molecule has 3 heterocycles. The number of thiazole rings is 1. The van der Waals surface area contributed by atoms with Crippen LogP contribution in [0.4, 0.5) is 0 Å². The van der Waals surface area contributed by atoms with Crippen LogP contribution in [0.25, 0.3) is 11.8 Å². The fourth-order valence-electron chi connectivity index (χ4n) is 5.23. The summed E-state index contributed by atoms with van der Waals surface area (Å²) in [5.41, 5.74) is 6.95. The van der Waals surface area contributed by atoms with E-state index >= 15 is 0 Å². The number of fused-ring (bicyclic) bond motifs is 1. The topological polar surface area (TPSA) is 65.6 Å². The third-order valence-corrected chi connectivity index (χ3v) is 8.79. The molecule has 0 radical (unpaired) electrons. The number of esters is 1. The predicted octanol–water partition coefficient (Wildman–Crippen LogP) is 6.09. The Morgan fingerprint density at radius 3 is 2.40 bits per heavy atom. The summed E-state index contributed by atoms with van der Waals surface area (Å²) in [7, 11) is 0. The first-order valence-corrected chi connectivity index (χ1v) is 15.0. The number of hydrogen-bond acceptors (Lipinski definition) is 5. The minimum absolute atomic E-state index is 0.176. The summed E-state index contributed by atoms with van der Waals surface area (Å²) in [5.74, 6) is -0.0803. The largest absolute Gasteiger partial charge is 0.463 e. The molecule has 0 fully saturated rings. The summed E-state index contributed by atoms with van der Waals surface area (Å²) in [4.78, 5) is 32.5. The molecule has 0 saturated heterocycles. The molecule has 0 N–H and O–H groups in total. The molecule has 40 heavy (non-hydrogen) atoms. The molecule has 2 aromatic heterocycles. The van der Waals surface area contributed by atoms with Crippen molar-refractivity contribution in [3.8, 4) is 5.69 Å². The van der Waals surface area contributed by atoms with Gasteiger partial charge < -0.3 is 9.30 Å². The molecule has 0 bridgehead atoms. The molecule has 206 valence electrons. The van der Waals surface area contributed by atoms with Crippen molar-refractivity contribution in [1.29, 1.82) is 0 Å². The number of carbonyl (C=O) groups is 1. The number of allylic oxidation sites excluding steroid dienone is 1. The Kier molecular flexibility index (Phi) is 7.84. The van der Waals surface area contributed by atoms with Crippen LogP contribution in [0.5, 0.6) is 0 Å². The molecule has 8 heteroatoms. The van der Waals surface area contributed by atoms with Gasteiger partial charge in [0.15, 0.2) is 4.80 Å². The zero-order chi connectivity index (χ0) is 28.7. The monoisotopic (exact) mass is 617 g/mol. The van der Waals surface area contributed by atoms with E-state index in [2.05, 4.69) is 78.5 Å². The van der Waals surface area contributed by atoms with Gasteiger partial charge in [-0.25, -0.2) is 9.79 Å². The van der Waals surface area contributed by atoms with E-state index in [4.69, 9.17) is 9.73 Å². The van der Waals surface area contributed by atoms with Gasteiger partial charge in [0.2, 0.25) is 0 Å². The Morgan fingerprint density at radius 2 is 1.77 bits per heavy atom. The van der Waals surface area contributed by atoms with E-state index in [1.165, 1.54) is 16.9 Å². The zero-order valence-electron chi connectivity index (χ0n) is 23.5. The van der Waals surface area contributed by atoms with Crippen LogP contribution in [0.3, 0.4) is 0 Å². The second-order valence-corrected chi connectivity index (χ2v) is 12.2. The predicted molar refractivity (Wildman–Crippen MR) is 164 cm³/mol. The maximum absolute atomic E-state index is 14.0. The molecule has 1 aliphatic rings. The van der Waals surface area contributed by atoms with Crippen LogP contribution in [-0.4, -0.2) is 21.7 Å². The third kappa shape index (κ3) is 5.06. The van der Waals surface area contributed by atoms with Crippen LogP contribution in [0.15, 0.2) is 80.1 Å². The van der Waals surface area contributed by atoms with E-state index < -0.39 is 12.0 Å². The van der Waals surface area contributed by atoms with Gasteiger partial charge in [0.05, 0.1) is 28.5 Å². The average molecular weight is 619 g/mol. The maximum atomic E-state index is 14.0. The quantitative estimate of drug-likeness (QED) is 0.246. The SMILES string of the molecule is CCOC(=O)C1=C(C)N=c2s/c(=C\c3cc(C)n(-c4ccc(Br)cc4)c3C)c(=O)n2[C@H]1c1ccc(C(C)C)cc1. The van der Waals surface area contributed by atoms with Gasteiger partial charge in [0.1, 0.15) is 0 Å². The van der Waals surface area contributed by atoms with Crippen LogP contribution in [0.2, 0.25) is 0 Å². The van der Waals surface area contributed by atoms with Gasteiger partial charge in [-0.1, -0.05) is 65.4 Å². The molecule has 6 nitrogen and oxygen atoms in total. The van der Waals surface area contributed by atoms with Crippen molar-refractivity contribution in [2.45, 2.75) is 53.5 Å². The number of nitrogens with zero attached hydrogens (tertiary/aromatic N) is 3. The van der Waals surface area contributed by atoms with Gasteiger partial charge >= 0.3 is 5.97 Å². The highest BCUT2D eigenvalue weighted by molar-refractivity contribution is 9.10. The smallest absolute Gasteiger partial charge is 0.338 e. The van der Waals surface area contributed by atoms with E-state index in [1.54, 1.807) is 11.5 Å². The fraction of sp³-hybridized carbons (Fsp3) is 0.281. The Hall–Kier alpha value is -3.49. The molecule has 1 atom stereocenters. The lowest BCUT2D eigenvalue weighted by molar-refractivity contribution is -0.139. The molecule has 0 spiro atoms. The minimum Gasteiger partial charge on any atom is -0.463 e. The van der Waals surface area contributed by atoms with Gasteiger partial charge in [-0.15, -0.1) is 0 Å². The van der Waals surface area contributed by atoms with Crippen LogP contribution < -0.4 is 14.9 Å². The Balaban J connectivity index is 1.67. The first-order chi connectivity index (χ1) is 19.1. The number of aryl methyl sites for hydroxylation is 1. The number of halogens is 1. The molecular weight excluding hydrogens is 586 g/mol. The lowest BCUT2D eigenvalue weighted by Gasteiger charge is -2.25. The Bertz CT molecular complexity index is 1810. The summed E-state index contributed by atoms with van der Waals surface area (Å²) in [6, 6.07) is 17.8.